The van der Waals surface area contributed by atoms with Crippen molar-refractivity contribution >= 4 is 68.6 Å². The third-order valence-electron chi connectivity index (χ3n) is 5.19. The standard InChI is InChI=1S/C24H18N4O5S2/c29-21(25-26-22(30)19-7-3-5-16-4-1-2-6-18(16)19)12-13-27-23(31)20(35-24(27)34)14-15-8-10-17(11-9-15)28(32)33/h1-11,14H,12-13H2,(H,25,29)(H,26,30)/b20-14-. The number of carbonyl (C=O) groups is 3. The molecule has 0 spiro atoms. The molecule has 1 aliphatic heterocycles. The first kappa shape index (κ1) is 24.0. The zero-order valence-corrected chi connectivity index (χ0v) is 19.7. The summed E-state index contributed by atoms with van der Waals surface area (Å²) in [4.78, 5) is 49.5. The molecule has 9 nitrogen and oxygen atoms in total. The van der Waals surface area contributed by atoms with Gasteiger partial charge in [0.1, 0.15) is 4.32 Å². The lowest BCUT2D eigenvalue weighted by Crippen LogP contribution is -2.43. The molecule has 0 unspecified atom stereocenters. The lowest BCUT2D eigenvalue weighted by molar-refractivity contribution is -0.384. The van der Waals surface area contributed by atoms with Crippen LogP contribution in [0.3, 0.4) is 0 Å². The van der Waals surface area contributed by atoms with E-state index in [-0.39, 0.29) is 24.6 Å². The van der Waals surface area contributed by atoms with E-state index in [1.54, 1.807) is 18.2 Å². The SMILES string of the molecule is O=C(CCN1C(=O)/C(=C/c2ccc([N+](=O)[O-])cc2)SC1=S)NNC(=O)c1cccc2ccccc12. The van der Waals surface area contributed by atoms with Crippen LogP contribution in [0.1, 0.15) is 22.3 Å². The van der Waals surface area contributed by atoms with Crippen LogP contribution < -0.4 is 10.9 Å². The van der Waals surface area contributed by atoms with Crippen LogP contribution in [-0.4, -0.2) is 38.4 Å². The third kappa shape index (κ3) is 5.53. The first-order chi connectivity index (χ1) is 16.8. The van der Waals surface area contributed by atoms with Gasteiger partial charge in [0.15, 0.2) is 0 Å². The number of nitrogens with zero attached hydrogens (tertiary/aromatic N) is 2. The van der Waals surface area contributed by atoms with Gasteiger partial charge in [-0.2, -0.15) is 0 Å². The van der Waals surface area contributed by atoms with E-state index < -0.39 is 16.7 Å². The molecule has 0 bridgehead atoms. The van der Waals surface area contributed by atoms with Crippen molar-refractivity contribution in [2.75, 3.05) is 6.54 Å². The number of hydrazine groups is 1. The molecule has 1 heterocycles. The Morgan fingerprint density at radius 2 is 1.74 bits per heavy atom. The van der Waals surface area contributed by atoms with E-state index >= 15 is 0 Å². The summed E-state index contributed by atoms with van der Waals surface area (Å²) in [5.74, 6) is -1.29. The molecule has 3 aromatic carbocycles. The molecular weight excluding hydrogens is 488 g/mol. The van der Waals surface area contributed by atoms with E-state index in [1.165, 1.54) is 29.2 Å². The number of hydrogen-bond donors (Lipinski definition) is 2. The molecule has 0 aromatic heterocycles. The van der Waals surface area contributed by atoms with E-state index in [0.29, 0.717) is 20.4 Å². The van der Waals surface area contributed by atoms with Crippen LogP contribution in [0, 0.1) is 10.1 Å². The number of rotatable bonds is 6. The van der Waals surface area contributed by atoms with Gasteiger partial charge in [0.25, 0.3) is 17.5 Å². The van der Waals surface area contributed by atoms with Crippen LogP contribution in [0.5, 0.6) is 0 Å². The van der Waals surface area contributed by atoms with Crippen LogP contribution in [0.15, 0.2) is 71.6 Å². The summed E-state index contributed by atoms with van der Waals surface area (Å²) >= 11 is 6.36. The fraction of sp³-hybridized carbons (Fsp3) is 0.0833. The number of nitro benzene ring substituents is 1. The van der Waals surface area contributed by atoms with E-state index in [9.17, 15) is 24.5 Å². The van der Waals surface area contributed by atoms with Crippen LogP contribution in [-0.2, 0) is 9.59 Å². The zero-order valence-electron chi connectivity index (χ0n) is 18.1. The van der Waals surface area contributed by atoms with Crippen molar-refractivity contribution in [3.63, 3.8) is 0 Å². The van der Waals surface area contributed by atoms with Crippen LogP contribution in [0.2, 0.25) is 0 Å². The molecule has 1 saturated heterocycles. The van der Waals surface area contributed by atoms with Gasteiger partial charge in [-0.25, -0.2) is 0 Å². The minimum Gasteiger partial charge on any atom is -0.292 e. The predicted octanol–water partition coefficient (Wildman–Crippen LogP) is 3.80. The topological polar surface area (TPSA) is 122 Å². The zero-order chi connectivity index (χ0) is 24.9. The van der Waals surface area contributed by atoms with Gasteiger partial charge in [-0.05, 0) is 40.6 Å². The maximum Gasteiger partial charge on any atom is 0.270 e. The maximum atomic E-state index is 12.7. The van der Waals surface area contributed by atoms with Gasteiger partial charge in [-0.15, -0.1) is 0 Å². The highest BCUT2D eigenvalue weighted by Crippen LogP contribution is 2.32. The number of fused-ring (bicyclic) bond motifs is 1. The fourth-order valence-corrected chi connectivity index (χ4v) is 4.74. The minimum absolute atomic E-state index is 0.0399. The van der Waals surface area contributed by atoms with E-state index in [0.717, 1.165) is 22.5 Å². The van der Waals surface area contributed by atoms with Crippen molar-refractivity contribution in [3.8, 4) is 0 Å². The van der Waals surface area contributed by atoms with Crippen molar-refractivity contribution < 1.29 is 19.3 Å². The predicted molar refractivity (Wildman–Crippen MR) is 137 cm³/mol. The summed E-state index contributed by atoms with van der Waals surface area (Å²) in [7, 11) is 0. The summed E-state index contributed by atoms with van der Waals surface area (Å²) < 4.78 is 0.302. The van der Waals surface area contributed by atoms with Gasteiger partial charge < -0.3 is 0 Å². The largest absolute Gasteiger partial charge is 0.292 e. The number of thioether (sulfide) groups is 1. The Balaban J connectivity index is 1.32. The Morgan fingerprint density at radius 3 is 2.49 bits per heavy atom. The summed E-state index contributed by atoms with van der Waals surface area (Å²) in [6.45, 7) is 0.0399. The average Bonchev–Trinajstić information content (AvgIpc) is 3.12. The molecule has 0 saturated carbocycles. The first-order valence-corrected chi connectivity index (χ1v) is 11.6. The highest BCUT2D eigenvalue weighted by atomic mass is 32.2. The van der Waals surface area contributed by atoms with Crippen molar-refractivity contribution in [3.05, 3.63) is 92.9 Å². The summed E-state index contributed by atoms with van der Waals surface area (Å²) in [5.41, 5.74) is 5.77. The van der Waals surface area contributed by atoms with Gasteiger partial charge in [0.2, 0.25) is 5.91 Å². The number of hydrogen-bond acceptors (Lipinski definition) is 7. The second-order valence-corrected chi connectivity index (χ2v) is 9.14. The molecule has 3 aromatic rings. The molecule has 35 heavy (non-hydrogen) atoms. The van der Waals surface area contributed by atoms with Gasteiger partial charge in [0, 0.05) is 30.7 Å². The van der Waals surface area contributed by atoms with E-state index in [2.05, 4.69) is 10.9 Å². The number of amides is 3. The smallest absolute Gasteiger partial charge is 0.270 e. The Labute approximate surface area is 209 Å². The highest BCUT2D eigenvalue weighted by molar-refractivity contribution is 8.26. The molecule has 4 rings (SSSR count). The van der Waals surface area contributed by atoms with E-state index in [4.69, 9.17) is 12.2 Å². The van der Waals surface area contributed by atoms with Crippen molar-refractivity contribution in [2.24, 2.45) is 0 Å². The molecule has 0 radical (unpaired) electrons. The van der Waals surface area contributed by atoms with Gasteiger partial charge in [0.05, 0.1) is 9.83 Å². The molecular formula is C24H18N4O5S2. The number of non-ortho nitro benzene ring substituents is 1. The monoisotopic (exact) mass is 506 g/mol. The van der Waals surface area contributed by atoms with Gasteiger partial charge in [-0.3, -0.25) is 40.2 Å². The average molecular weight is 507 g/mol. The molecule has 1 fully saturated rings. The highest BCUT2D eigenvalue weighted by Gasteiger charge is 2.32. The third-order valence-corrected chi connectivity index (χ3v) is 6.57. The number of nitro groups is 1. The number of nitrogens with one attached hydrogen (secondary N) is 2. The molecule has 2 N–H and O–H groups in total. The van der Waals surface area contributed by atoms with Gasteiger partial charge >= 0.3 is 0 Å². The first-order valence-electron chi connectivity index (χ1n) is 10.4. The number of benzene rings is 3. The Hall–Kier alpha value is -4.09. The Morgan fingerprint density at radius 1 is 1.03 bits per heavy atom. The lowest BCUT2D eigenvalue weighted by Gasteiger charge is -2.14. The van der Waals surface area contributed by atoms with Crippen LogP contribution in [0.4, 0.5) is 5.69 Å². The Bertz CT molecular complexity index is 1380. The lowest BCUT2D eigenvalue weighted by atomic mass is 10.0. The normalized spacial score (nSPS) is 14.4. The van der Waals surface area contributed by atoms with Crippen molar-refractivity contribution in [2.45, 2.75) is 6.42 Å². The number of carbonyl (C=O) groups excluding carboxylic acids is 3. The maximum absolute atomic E-state index is 12.7. The molecule has 11 heteroatoms. The molecule has 0 atom stereocenters. The second-order valence-electron chi connectivity index (χ2n) is 7.46. The molecule has 0 aliphatic carbocycles. The van der Waals surface area contributed by atoms with Crippen molar-refractivity contribution in [1.82, 2.24) is 15.8 Å². The Kier molecular flexibility index (Phi) is 7.18. The summed E-state index contributed by atoms with van der Waals surface area (Å²) in [5, 5.41) is 12.5. The van der Waals surface area contributed by atoms with Crippen LogP contribution >= 0.6 is 24.0 Å². The molecule has 3 amide bonds. The minimum atomic E-state index is -0.501. The van der Waals surface area contributed by atoms with Crippen LogP contribution in [0.25, 0.3) is 16.8 Å². The fourth-order valence-electron chi connectivity index (χ4n) is 3.43. The van der Waals surface area contributed by atoms with E-state index in [1.807, 2.05) is 30.3 Å². The second kappa shape index (κ2) is 10.5. The summed E-state index contributed by atoms with van der Waals surface area (Å²) in [6, 6.07) is 18.5. The van der Waals surface area contributed by atoms with Crippen molar-refractivity contribution in [1.29, 1.82) is 0 Å². The summed E-state index contributed by atoms with van der Waals surface area (Å²) in [6.07, 6.45) is 1.51. The number of thiocarbonyl (C=S) groups is 1. The quantitative estimate of drug-likeness (QED) is 0.226. The van der Waals surface area contributed by atoms with Gasteiger partial charge in [-0.1, -0.05) is 60.4 Å². The molecule has 1 aliphatic rings. The molecule has 176 valence electrons.